The van der Waals surface area contributed by atoms with Gasteiger partial charge in [-0.2, -0.15) is 0 Å². The summed E-state index contributed by atoms with van der Waals surface area (Å²) in [5.41, 5.74) is 0. The van der Waals surface area contributed by atoms with Gasteiger partial charge < -0.3 is 28.4 Å². The Balaban J connectivity index is 2.93. The Labute approximate surface area is 148 Å². The van der Waals surface area contributed by atoms with E-state index in [0.717, 1.165) is 38.9 Å². The number of hydrogen-bond donors (Lipinski definition) is 0. The highest BCUT2D eigenvalue weighted by atomic mass is 16.6. The summed E-state index contributed by atoms with van der Waals surface area (Å²) in [5, 5.41) is 0. The highest BCUT2D eigenvalue weighted by molar-refractivity contribution is 4.37. The van der Waals surface area contributed by atoms with E-state index >= 15 is 0 Å². The first-order valence-corrected chi connectivity index (χ1v) is 9.38. The molecule has 0 heterocycles. The second-order valence-electron chi connectivity index (χ2n) is 5.38. The van der Waals surface area contributed by atoms with Gasteiger partial charge in [0.2, 0.25) is 0 Å². The third-order valence-electron chi connectivity index (χ3n) is 3.14. The van der Waals surface area contributed by atoms with Crippen molar-refractivity contribution < 1.29 is 28.4 Å². The van der Waals surface area contributed by atoms with Crippen molar-refractivity contribution >= 4 is 0 Å². The van der Waals surface area contributed by atoms with Gasteiger partial charge in [-0.3, -0.25) is 0 Å². The van der Waals surface area contributed by atoms with Gasteiger partial charge in [0, 0.05) is 13.2 Å². The summed E-state index contributed by atoms with van der Waals surface area (Å²) in [6, 6.07) is 0. The van der Waals surface area contributed by atoms with Crippen molar-refractivity contribution in [3.05, 3.63) is 0 Å². The van der Waals surface area contributed by atoms with Crippen molar-refractivity contribution in [2.75, 3.05) is 79.3 Å². The van der Waals surface area contributed by atoms with Gasteiger partial charge in [-0.1, -0.05) is 26.7 Å². The van der Waals surface area contributed by atoms with Crippen molar-refractivity contribution in [3.8, 4) is 0 Å². The fourth-order valence-electron chi connectivity index (χ4n) is 1.69. The molecule has 0 aliphatic carbocycles. The quantitative estimate of drug-likeness (QED) is 0.297. The average Bonchev–Trinajstić information content (AvgIpc) is 2.60. The molecule has 0 fully saturated rings. The molecule has 0 saturated heterocycles. The fraction of sp³-hybridized carbons (Fsp3) is 1.00. The standard InChI is InChI=1S/C18H38O6/c1-3-5-7-19-9-11-21-13-15-23-17-18-24-16-14-22-12-10-20-8-6-4-2/h3-18H2,1-2H3. The average molecular weight is 350 g/mol. The molecule has 0 atom stereocenters. The van der Waals surface area contributed by atoms with Crippen LogP contribution in [0, 0.1) is 0 Å². The van der Waals surface area contributed by atoms with Gasteiger partial charge in [0.05, 0.1) is 66.1 Å². The maximum absolute atomic E-state index is 5.41. The van der Waals surface area contributed by atoms with Gasteiger partial charge >= 0.3 is 0 Å². The molecule has 0 unspecified atom stereocenters. The summed E-state index contributed by atoms with van der Waals surface area (Å²) < 4.78 is 32.4. The van der Waals surface area contributed by atoms with Crippen LogP contribution in [0.2, 0.25) is 0 Å². The fourth-order valence-corrected chi connectivity index (χ4v) is 1.69. The highest BCUT2D eigenvalue weighted by Gasteiger charge is 1.94. The van der Waals surface area contributed by atoms with Crippen molar-refractivity contribution in [2.24, 2.45) is 0 Å². The van der Waals surface area contributed by atoms with Crippen LogP contribution in [0.25, 0.3) is 0 Å². The van der Waals surface area contributed by atoms with E-state index in [1.165, 1.54) is 0 Å². The predicted octanol–water partition coefficient (Wildman–Crippen LogP) is 2.69. The van der Waals surface area contributed by atoms with E-state index in [9.17, 15) is 0 Å². The summed E-state index contributed by atoms with van der Waals surface area (Å²) in [4.78, 5) is 0. The van der Waals surface area contributed by atoms with Crippen LogP contribution in [0.3, 0.4) is 0 Å². The van der Waals surface area contributed by atoms with Gasteiger partial charge in [-0.15, -0.1) is 0 Å². The van der Waals surface area contributed by atoms with Crippen LogP contribution in [0.5, 0.6) is 0 Å². The van der Waals surface area contributed by atoms with Crippen molar-refractivity contribution in [1.29, 1.82) is 0 Å². The number of unbranched alkanes of at least 4 members (excludes halogenated alkanes) is 2. The van der Waals surface area contributed by atoms with E-state index in [4.69, 9.17) is 28.4 Å². The Bertz CT molecular complexity index is 194. The van der Waals surface area contributed by atoms with E-state index in [0.29, 0.717) is 66.1 Å². The van der Waals surface area contributed by atoms with Crippen LogP contribution in [-0.2, 0) is 28.4 Å². The Morgan fingerprint density at radius 1 is 0.333 bits per heavy atom. The minimum absolute atomic E-state index is 0.580. The largest absolute Gasteiger partial charge is 0.379 e. The SMILES string of the molecule is CCCCOCCOCCOCCOCCOCCOCCCC. The van der Waals surface area contributed by atoms with E-state index in [-0.39, 0.29) is 0 Å². The van der Waals surface area contributed by atoms with Crippen molar-refractivity contribution in [3.63, 3.8) is 0 Å². The Morgan fingerprint density at radius 3 is 0.750 bits per heavy atom. The van der Waals surface area contributed by atoms with Crippen LogP contribution >= 0.6 is 0 Å². The molecule has 0 aromatic heterocycles. The zero-order chi connectivity index (χ0) is 17.6. The Hall–Kier alpha value is -0.240. The van der Waals surface area contributed by atoms with E-state index in [1.807, 2.05) is 0 Å². The lowest BCUT2D eigenvalue weighted by molar-refractivity contribution is -0.0169. The first kappa shape index (κ1) is 23.8. The lowest BCUT2D eigenvalue weighted by Gasteiger charge is -2.08. The number of rotatable bonds is 21. The van der Waals surface area contributed by atoms with Gasteiger partial charge in [0.1, 0.15) is 0 Å². The van der Waals surface area contributed by atoms with Gasteiger partial charge in [-0.25, -0.2) is 0 Å². The molecule has 0 aromatic rings. The molecule has 0 saturated carbocycles. The van der Waals surface area contributed by atoms with E-state index in [1.54, 1.807) is 0 Å². The van der Waals surface area contributed by atoms with E-state index < -0.39 is 0 Å². The molecule has 0 spiro atoms. The van der Waals surface area contributed by atoms with Crippen LogP contribution in [-0.4, -0.2) is 79.3 Å². The van der Waals surface area contributed by atoms with Crippen LogP contribution in [0.1, 0.15) is 39.5 Å². The zero-order valence-electron chi connectivity index (χ0n) is 15.8. The maximum atomic E-state index is 5.41. The monoisotopic (exact) mass is 350 g/mol. The summed E-state index contributed by atoms with van der Waals surface area (Å²) in [6.45, 7) is 12.0. The van der Waals surface area contributed by atoms with Crippen molar-refractivity contribution in [1.82, 2.24) is 0 Å². The molecule has 6 heteroatoms. The third-order valence-corrected chi connectivity index (χ3v) is 3.14. The molecule has 0 radical (unpaired) electrons. The van der Waals surface area contributed by atoms with Crippen LogP contribution in [0.4, 0.5) is 0 Å². The summed E-state index contributed by atoms with van der Waals surface area (Å²) in [5.74, 6) is 0. The van der Waals surface area contributed by atoms with Gasteiger partial charge in [-0.05, 0) is 12.8 Å². The Morgan fingerprint density at radius 2 is 0.542 bits per heavy atom. The minimum atomic E-state index is 0.580. The molecule has 0 N–H and O–H groups in total. The molecule has 6 nitrogen and oxygen atoms in total. The molecule has 0 rings (SSSR count). The zero-order valence-corrected chi connectivity index (χ0v) is 15.8. The normalized spacial score (nSPS) is 11.2. The lowest BCUT2D eigenvalue weighted by atomic mass is 10.4. The molecule has 24 heavy (non-hydrogen) atoms. The predicted molar refractivity (Wildman–Crippen MR) is 94.7 cm³/mol. The number of ether oxygens (including phenoxy) is 6. The molecule has 0 bridgehead atoms. The molecular weight excluding hydrogens is 312 g/mol. The molecule has 0 aromatic carbocycles. The molecule has 0 aliphatic rings. The maximum Gasteiger partial charge on any atom is 0.0701 e. The third kappa shape index (κ3) is 21.8. The molecular formula is C18H38O6. The first-order valence-electron chi connectivity index (χ1n) is 9.38. The first-order chi connectivity index (χ1) is 11.9. The second kappa shape index (κ2) is 22.8. The second-order valence-corrected chi connectivity index (χ2v) is 5.38. The smallest absolute Gasteiger partial charge is 0.0701 e. The molecule has 0 aliphatic heterocycles. The minimum Gasteiger partial charge on any atom is -0.379 e. The van der Waals surface area contributed by atoms with Gasteiger partial charge in [0.15, 0.2) is 0 Å². The van der Waals surface area contributed by atoms with Crippen LogP contribution in [0.15, 0.2) is 0 Å². The topological polar surface area (TPSA) is 55.4 Å². The summed E-state index contributed by atoms with van der Waals surface area (Å²) >= 11 is 0. The number of hydrogen-bond acceptors (Lipinski definition) is 6. The lowest BCUT2D eigenvalue weighted by Crippen LogP contribution is -2.14. The van der Waals surface area contributed by atoms with Crippen molar-refractivity contribution in [2.45, 2.75) is 39.5 Å². The highest BCUT2D eigenvalue weighted by Crippen LogP contribution is 1.89. The molecule has 146 valence electrons. The van der Waals surface area contributed by atoms with E-state index in [2.05, 4.69) is 13.8 Å². The summed E-state index contributed by atoms with van der Waals surface area (Å²) in [7, 11) is 0. The summed E-state index contributed by atoms with van der Waals surface area (Å²) in [6.07, 6.45) is 4.55. The Kier molecular flexibility index (Phi) is 22.5. The molecule has 0 amide bonds. The van der Waals surface area contributed by atoms with Crippen LogP contribution < -0.4 is 0 Å². The van der Waals surface area contributed by atoms with Gasteiger partial charge in [0.25, 0.3) is 0 Å².